The molecule has 6 heteroatoms. The second-order valence-electron chi connectivity index (χ2n) is 7.86. The predicted molar refractivity (Wildman–Crippen MR) is 91.9 cm³/mol. The van der Waals surface area contributed by atoms with Gasteiger partial charge in [0.25, 0.3) is 5.91 Å². The summed E-state index contributed by atoms with van der Waals surface area (Å²) in [6, 6.07) is 1.12. The minimum atomic E-state index is 0.106. The summed E-state index contributed by atoms with van der Waals surface area (Å²) in [5.41, 5.74) is 1.52. The van der Waals surface area contributed by atoms with Gasteiger partial charge >= 0.3 is 0 Å². The van der Waals surface area contributed by atoms with E-state index in [0.717, 1.165) is 44.5 Å². The minimum Gasteiger partial charge on any atom is -0.331 e. The smallest absolute Gasteiger partial charge is 0.276 e. The van der Waals surface area contributed by atoms with Crippen LogP contribution < -0.4 is 5.32 Å². The molecule has 0 spiro atoms. The van der Waals surface area contributed by atoms with Crippen LogP contribution in [0, 0.1) is 12.8 Å². The number of fused-ring (bicyclic) bond motifs is 1. The molecule has 6 nitrogen and oxygen atoms in total. The molecule has 3 atom stereocenters. The third kappa shape index (κ3) is 2.65. The zero-order valence-corrected chi connectivity index (χ0v) is 14.9. The fourth-order valence-corrected chi connectivity index (χ4v) is 5.12. The molecular formula is C18H29N5O. The van der Waals surface area contributed by atoms with Gasteiger partial charge in [0.05, 0.1) is 11.7 Å². The van der Waals surface area contributed by atoms with Crippen LogP contribution in [0.4, 0.5) is 0 Å². The van der Waals surface area contributed by atoms with E-state index in [-0.39, 0.29) is 5.91 Å². The molecule has 1 aliphatic carbocycles. The van der Waals surface area contributed by atoms with Crippen LogP contribution in [0.5, 0.6) is 0 Å². The van der Waals surface area contributed by atoms with Crippen LogP contribution in [0.25, 0.3) is 0 Å². The van der Waals surface area contributed by atoms with Crippen LogP contribution in [0.3, 0.4) is 0 Å². The topological polar surface area (TPSA) is 63.1 Å². The molecule has 0 bridgehead atoms. The van der Waals surface area contributed by atoms with Crippen LogP contribution in [-0.4, -0.2) is 51.0 Å². The number of aromatic nitrogens is 3. The van der Waals surface area contributed by atoms with Crippen LogP contribution in [0.15, 0.2) is 0 Å². The fourth-order valence-electron chi connectivity index (χ4n) is 5.12. The van der Waals surface area contributed by atoms with Gasteiger partial charge in [-0.25, -0.2) is 4.68 Å². The number of likely N-dealkylation sites (tertiary alicyclic amines) is 1. The Hall–Kier alpha value is -1.43. The number of carbonyl (C=O) groups is 1. The number of piperidine rings is 1. The molecule has 3 fully saturated rings. The van der Waals surface area contributed by atoms with Gasteiger partial charge in [-0.3, -0.25) is 4.79 Å². The standard InChI is InChI=1S/C18H29N5O/c1-12-11-14-5-3-4-6-16(14)22(12)18(24)17-13(2)23(21-20-17)15-7-9-19-10-8-15/h12,14-16,19H,3-11H2,1-2H3. The van der Waals surface area contributed by atoms with E-state index in [0.29, 0.717) is 29.7 Å². The summed E-state index contributed by atoms with van der Waals surface area (Å²) in [5, 5.41) is 12.0. The Morgan fingerprint density at radius 3 is 2.71 bits per heavy atom. The van der Waals surface area contributed by atoms with E-state index in [9.17, 15) is 4.79 Å². The van der Waals surface area contributed by atoms with Crippen LogP contribution >= 0.6 is 0 Å². The lowest BCUT2D eigenvalue weighted by Gasteiger charge is -2.33. The largest absolute Gasteiger partial charge is 0.331 e. The fraction of sp³-hybridized carbons (Fsp3) is 0.833. The van der Waals surface area contributed by atoms with Gasteiger partial charge in [-0.1, -0.05) is 18.1 Å². The van der Waals surface area contributed by atoms with Gasteiger partial charge < -0.3 is 10.2 Å². The third-order valence-corrected chi connectivity index (χ3v) is 6.36. The first kappa shape index (κ1) is 16.1. The summed E-state index contributed by atoms with van der Waals surface area (Å²) >= 11 is 0. The Balaban J connectivity index is 1.57. The van der Waals surface area contributed by atoms with E-state index in [2.05, 4.69) is 27.5 Å². The van der Waals surface area contributed by atoms with Crippen molar-refractivity contribution in [1.29, 1.82) is 0 Å². The first-order valence-corrected chi connectivity index (χ1v) is 9.62. The Morgan fingerprint density at radius 1 is 1.17 bits per heavy atom. The van der Waals surface area contributed by atoms with Gasteiger partial charge in [0.15, 0.2) is 5.69 Å². The number of nitrogens with zero attached hydrogens (tertiary/aromatic N) is 4. The Labute approximate surface area is 144 Å². The lowest BCUT2D eigenvalue weighted by Crippen LogP contribution is -2.42. The highest BCUT2D eigenvalue weighted by molar-refractivity contribution is 5.94. The molecule has 1 amide bonds. The van der Waals surface area contributed by atoms with E-state index in [4.69, 9.17) is 0 Å². The molecule has 3 aliphatic rings. The second kappa shape index (κ2) is 6.47. The zero-order valence-electron chi connectivity index (χ0n) is 14.9. The van der Waals surface area contributed by atoms with Crippen molar-refractivity contribution in [3.05, 3.63) is 11.4 Å². The van der Waals surface area contributed by atoms with Crippen molar-refractivity contribution in [2.45, 2.75) is 76.9 Å². The molecular weight excluding hydrogens is 302 g/mol. The van der Waals surface area contributed by atoms with Gasteiger partial charge in [0, 0.05) is 12.1 Å². The summed E-state index contributed by atoms with van der Waals surface area (Å²) in [6.07, 6.45) is 8.27. The normalized spacial score (nSPS) is 31.2. The zero-order chi connectivity index (χ0) is 16.7. The number of rotatable bonds is 2. The molecule has 1 saturated carbocycles. The summed E-state index contributed by atoms with van der Waals surface area (Å²) in [7, 11) is 0. The van der Waals surface area contributed by atoms with Gasteiger partial charge in [-0.05, 0) is 65.0 Å². The van der Waals surface area contributed by atoms with Crippen molar-refractivity contribution in [2.24, 2.45) is 5.92 Å². The van der Waals surface area contributed by atoms with Crippen molar-refractivity contribution in [3.8, 4) is 0 Å². The maximum atomic E-state index is 13.2. The Bertz CT molecular complexity index is 607. The first-order valence-electron chi connectivity index (χ1n) is 9.62. The Morgan fingerprint density at radius 2 is 1.92 bits per heavy atom. The number of hydrogen-bond acceptors (Lipinski definition) is 4. The SMILES string of the molecule is Cc1c(C(=O)N2C(C)CC3CCCCC32)nnn1C1CCNCC1. The van der Waals surface area contributed by atoms with Crippen molar-refractivity contribution < 1.29 is 4.79 Å². The van der Waals surface area contributed by atoms with Gasteiger partial charge in [-0.2, -0.15) is 0 Å². The molecule has 132 valence electrons. The lowest BCUT2D eigenvalue weighted by atomic mass is 9.85. The number of amides is 1. The average molecular weight is 331 g/mol. The monoisotopic (exact) mass is 331 g/mol. The van der Waals surface area contributed by atoms with Gasteiger partial charge in [-0.15, -0.1) is 5.10 Å². The highest BCUT2D eigenvalue weighted by Crippen LogP contribution is 2.40. The summed E-state index contributed by atoms with van der Waals surface area (Å²) < 4.78 is 1.99. The summed E-state index contributed by atoms with van der Waals surface area (Å²) in [6.45, 7) is 6.23. The van der Waals surface area contributed by atoms with Gasteiger partial charge in [0.1, 0.15) is 0 Å². The van der Waals surface area contributed by atoms with E-state index < -0.39 is 0 Å². The molecule has 3 heterocycles. The quantitative estimate of drug-likeness (QED) is 0.903. The van der Waals surface area contributed by atoms with Crippen molar-refractivity contribution in [2.75, 3.05) is 13.1 Å². The molecule has 0 aromatic carbocycles. The lowest BCUT2D eigenvalue weighted by molar-refractivity contribution is 0.0626. The van der Waals surface area contributed by atoms with E-state index in [1.165, 1.54) is 19.3 Å². The predicted octanol–water partition coefficient (Wildman–Crippen LogP) is 2.30. The first-order chi connectivity index (χ1) is 11.7. The molecule has 1 aromatic rings. The highest BCUT2D eigenvalue weighted by Gasteiger charge is 2.43. The second-order valence-corrected chi connectivity index (χ2v) is 7.86. The summed E-state index contributed by atoms with van der Waals surface area (Å²) in [5.74, 6) is 0.798. The Kier molecular flexibility index (Phi) is 4.33. The molecule has 2 saturated heterocycles. The van der Waals surface area contributed by atoms with Crippen molar-refractivity contribution in [1.82, 2.24) is 25.2 Å². The number of hydrogen-bond donors (Lipinski definition) is 1. The van der Waals surface area contributed by atoms with Crippen LogP contribution in [0.1, 0.15) is 74.1 Å². The van der Waals surface area contributed by atoms with E-state index >= 15 is 0 Å². The van der Waals surface area contributed by atoms with Crippen LogP contribution in [-0.2, 0) is 0 Å². The van der Waals surface area contributed by atoms with E-state index in [1.54, 1.807) is 0 Å². The summed E-state index contributed by atoms with van der Waals surface area (Å²) in [4.78, 5) is 15.4. The van der Waals surface area contributed by atoms with Gasteiger partial charge in [0.2, 0.25) is 0 Å². The third-order valence-electron chi connectivity index (χ3n) is 6.36. The minimum absolute atomic E-state index is 0.106. The van der Waals surface area contributed by atoms with Crippen molar-refractivity contribution in [3.63, 3.8) is 0 Å². The highest BCUT2D eigenvalue weighted by atomic mass is 16.2. The van der Waals surface area contributed by atoms with Crippen molar-refractivity contribution >= 4 is 5.91 Å². The maximum absolute atomic E-state index is 13.2. The average Bonchev–Trinajstić information content (AvgIpc) is 3.14. The van der Waals surface area contributed by atoms with Crippen LogP contribution in [0.2, 0.25) is 0 Å². The molecule has 1 aromatic heterocycles. The molecule has 1 N–H and O–H groups in total. The molecule has 3 unspecified atom stereocenters. The number of carbonyl (C=O) groups excluding carboxylic acids is 1. The number of nitrogens with one attached hydrogen (secondary N) is 1. The molecule has 0 radical (unpaired) electrons. The maximum Gasteiger partial charge on any atom is 0.276 e. The molecule has 24 heavy (non-hydrogen) atoms. The molecule has 4 rings (SSSR count). The molecule has 2 aliphatic heterocycles. The van der Waals surface area contributed by atoms with E-state index in [1.807, 2.05) is 11.6 Å².